The highest BCUT2D eigenvalue weighted by Crippen LogP contribution is 2.31. The van der Waals surface area contributed by atoms with Gasteiger partial charge in [0.15, 0.2) is 11.2 Å². The molecule has 0 radical (unpaired) electrons. The Labute approximate surface area is 185 Å². The number of carboxylic acids is 1. The number of fused-ring (bicyclic) bond motifs is 1. The Bertz CT molecular complexity index is 1420. The molecule has 2 heterocycles. The van der Waals surface area contributed by atoms with Crippen molar-refractivity contribution in [1.82, 2.24) is 19.1 Å². The van der Waals surface area contributed by atoms with Gasteiger partial charge in [-0.3, -0.25) is 23.7 Å². The summed E-state index contributed by atoms with van der Waals surface area (Å²) in [5.41, 5.74) is -0.108. The van der Waals surface area contributed by atoms with Crippen LogP contribution >= 0.6 is 23.2 Å². The summed E-state index contributed by atoms with van der Waals surface area (Å²) >= 11 is 12.4. The SMILES string of the molecule is C[C@@H](Cn1c(=O)[nH]c2nc(-c3ccccc3Cl)n(-c3ccc(Cl)cc3)c2c1=O)C(=O)O. The molecule has 2 aromatic carbocycles. The molecule has 0 fully saturated rings. The number of aromatic nitrogens is 4. The van der Waals surface area contributed by atoms with Crippen molar-refractivity contribution >= 4 is 40.3 Å². The Kier molecular flexibility index (Phi) is 5.43. The zero-order valence-corrected chi connectivity index (χ0v) is 17.7. The van der Waals surface area contributed by atoms with E-state index in [4.69, 9.17) is 23.2 Å². The molecule has 2 aromatic heterocycles. The van der Waals surface area contributed by atoms with Crippen LogP contribution in [-0.4, -0.2) is 30.2 Å². The van der Waals surface area contributed by atoms with E-state index in [0.29, 0.717) is 27.1 Å². The maximum Gasteiger partial charge on any atom is 0.330 e. The Morgan fingerprint density at radius 1 is 1.13 bits per heavy atom. The molecule has 0 unspecified atom stereocenters. The van der Waals surface area contributed by atoms with Crippen molar-refractivity contribution in [3.8, 4) is 17.1 Å². The lowest BCUT2D eigenvalue weighted by Gasteiger charge is -2.12. The average molecular weight is 459 g/mol. The van der Waals surface area contributed by atoms with Gasteiger partial charge in [0, 0.05) is 22.8 Å². The number of benzene rings is 2. The summed E-state index contributed by atoms with van der Waals surface area (Å²) in [4.78, 5) is 44.2. The van der Waals surface area contributed by atoms with Gasteiger partial charge in [-0.1, -0.05) is 42.3 Å². The Hall–Kier alpha value is -3.36. The summed E-state index contributed by atoms with van der Waals surface area (Å²) in [5, 5.41) is 10.1. The first-order valence-electron chi connectivity index (χ1n) is 9.27. The number of nitrogens with one attached hydrogen (secondary N) is 1. The van der Waals surface area contributed by atoms with E-state index < -0.39 is 23.1 Å². The van der Waals surface area contributed by atoms with Crippen molar-refractivity contribution in [3.63, 3.8) is 0 Å². The Morgan fingerprint density at radius 2 is 1.81 bits per heavy atom. The smallest absolute Gasteiger partial charge is 0.330 e. The predicted octanol–water partition coefficient (Wildman–Crippen LogP) is 3.57. The molecule has 0 aliphatic rings. The van der Waals surface area contributed by atoms with Gasteiger partial charge in [-0.2, -0.15) is 0 Å². The number of imidazole rings is 1. The van der Waals surface area contributed by atoms with Crippen LogP contribution in [0.1, 0.15) is 6.92 Å². The van der Waals surface area contributed by atoms with Gasteiger partial charge < -0.3 is 5.11 Å². The number of carboxylic acid groups (broad SMARTS) is 1. The Balaban J connectivity index is 2.08. The molecule has 158 valence electrons. The third kappa shape index (κ3) is 3.75. The third-order valence-corrected chi connectivity index (χ3v) is 5.45. The van der Waals surface area contributed by atoms with Crippen LogP contribution in [0.3, 0.4) is 0 Å². The first-order valence-corrected chi connectivity index (χ1v) is 10.0. The molecule has 0 amide bonds. The van der Waals surface area contributed by atoms with E-state index in [0.717, 1.165) is 4.57 Å². The van der Waals surface area contributed by atoms with Crippen molar-refractivity contribution in [2.24, 2.45) is 5.92 Å². The lowest BCUT2D eigenvalue weighted by Crippen LogP contribution is -2.38. The van der Waals surface area contributed by atoms with Gasteiger partial charge in [0.1, 0.15) is 5.82 Å². The number of nitrogens with zero attached hydrogens (tertiary/aromatic N) is 3. The van der Waals surface area contributed by atoms with Gasteiger partial charge in [0.25, 0.3) is 5.56 Å². The minimum absolute atomic E-state index is 0.0686. The van der Waals surface area contributed by atoms with Crippen LogP contribution < -0.4 is 11.2 Å². The molecule has 1 atom stereocenters. The molecule has 0 aliphatic heterocycles. The first kappa shape index (κ1) is 20.9. The van der Waals surface area contributed by atoms with Gasteiger partial charge in [0.2, 0.25) is 0 Å². The molecule has 0 saturated carbocycles. The highest BCUT2D eigenvalue weighted by atomic mass is 35.5. The van der Waals surface area contributed by atoms with Crippen molar-refractivity contribution in [2.75, 3.05) is 0 Å². The monoisotopic (exact) mass is 458 g/mol. The van der Waals surface area contributed by atoms with E-state index in [1.165, 1.54) is 6.92 Å². The predicted molar refractivity (Wildman–Crippen MR) is 118 cm³/mol. The fourth-order valence-corrected chi connectivity index (χ4v) is 3.62. The van der Waals surface area contributed by atoms with Crippen LogP contribution in [0, 0.1) is 5.92 Å². The third-order valence-electron chi connectivity index (χ3n) is 4.87. The average Bonchev–Trinajstić information content (AvgIpc) is 3.10. The van der Waals surface area contributed by atoms with Crippen LogP contribution in [0.4, 0.5) is 0 Å². The number of aliphatic carboxylic acids is 1. The van der Waals surface area contributed by atoms with E-state index in [-0.39, 0.29) is 17.7 Å². The van der Waals surface area contributed by atoms with Crippen molar-refractivity contribution in [3.05, 3.63) is 79.4 Å². The number of rotatable bonds is 5. The minimum Gasteiger partial charge on any atom is -0.481 e. The van der Waals surface area contributed by atoms with Gasteiger partial charge in [-0.25, -0.2) is 9.78 Å². The molecule has 0 bridgehead atoms. The zero-order chi connectivity index (χ0) is 22.3. The topological polar surface area (TPSA) is 110 Å². The second kappa shape index (κ2) is 8.05. The standard InChI is InChI=1S/C21H16Cl2N4O4/c1-11(20(29)30)10-26-19(28)16-17(25-21(26)31)24-18(14-4-2-3-5-15(14)23)27(16)13-8-6-12(22)7-9-13/h2-9,11H,10H2,1H3,(H,25,31)(H,29,30)/t11-/m0/s1. The van der Waals surface area contributed by atoms with E-state index >= 15 is 0 Å². The van der Waals surface area contributed by atoms with E-state index in [9.17, 15) is 19.5 Å². The summed E-state index contributed by atoms with van der Waals surface area (Å²) in [6.07, 6.45) is 0. The highest BCUT2D eigenvalue weighted by Gasteiger charge is 2.23. The van der Waals surface area contributed by atoms with Crippen LogP contribution in [0.25, 0.3) is 28.2 Å². The highest BCUT2D eigenvalue weighted by molar-refractivity contribution is 6.33. The maximum atomic E-state index is 13.3. The van der Waals surface area contributed by atoms with Crippen LogP contribution in [-0.2, 0) is 11.3 Å². The minimum atomic E-state index is -1.12. The van der Waals surface area contributed by atoms with Crippen LogP contribution in [0.2, 0.25) is 10.0 Å². The van der Waals surface area contributed by atoms with Crippen molar-refractivity contribution < 1.29 is 9.90 Å². The molecule has 8 nitrogen and oxygen atoms in total. The lowest BCUT2D eigenvalue weighted by molar-refractivity contribution is -0.141. The van der Waals surface area contributed by atoms with Crippen LogP contribution in [0.15, 0.2) is 58.1 Å². The summed E-state index contributed by atoms with van der Waals surface area (Å²) in [5.74, 6) is -1.71. The van der Waals surface area contributed by atoms with Gasteiger partial charge >= 0.3 is 11.7 Å². The quantitative estimate of drug-likeness (QED) is 0.474. The Morgan fingerprint density at radius 3 is 2.45 bits per heavy atom. The number of halogens is 2. The van der Waals surface area contributed by atoms with Crippen molar-refractivity contribution in [2.45, 2.75) is 13.5 Å². The van der Waals surface area contributed by atoms with Gasteiger partial charge in [-0.15, -0.1) is 0 Å². The molecular weight excluding hydrogens is 443 g/mol. The number of aromatic amines is 1. The number of hydrogen-bond acceptors (Lipinski definition) is 4. The molecule has 31 heavy (non-hydrogen) atoms. The second-order valence-corrected chi connectivity index (χ2v) is 7.85. The number of hydrogen-bond donors (Lipinski definition) is 2. The summed E-state index contributed by atoms with van der Waals surface area (Å²) in [7, 11) is 0. The fraction of sp³-hybridized carbons (Fsp3) is 0.143. The van der Waals surface area contributed by atoms with E-state index in [1.807, 2.05) is 0 Å². The first-order chi connectivity index (χ1) is 14.8. The molecule has 0 spiro atoms. The molecular formula is C21H16Cl2N4O4. The van der Waals surface area contributed by atoms with E-state index in [1.54, 1.807) is 53.1 Å². The normalized spacial score (nSPS) is 12.2. The summed E-state index contributed by atoms with van der Waals surface area (Å²) in [6, 6.07) is 13.7. The summed E-state index contributed by atoms with van der Waals surface area (Å²) in [6.45, 7) is 1.14. The summed E-state index contributed by atoms with van der Waals surface area (Å²) < 4.78 is 2.44. The maximum absolute atomic E-state index is 13.3. The van der Waals surface area contributed by atoms with Crippen molar-refractivity contribution in [1.29, 1.82) is 0 Å². The largest absolute Gasteiger partial charge is 0.481 e. The number of H-pyrrole nitrogens is 1. The van der Waals surface area contributed by atoms with Crippen LogP contribution in [0.5, 0.6) is 0 Å². The van der Waals surface area contributed by atoms with E-state index in [2.05, 4.69) is 9.97 Å². The second-order valence-electron chi connectivity index (χ2n) is 7.01. The zero-order valence-electron chi connectivity index (χ0n) is 16.2. The molecule has 10 heteroatoms. The molecule has 0 saturated heterocycles. The molecule has 2 N–H and O–H groups in total. The number of carbonyl (C=O) groups is 1. The molecule has 0 aliphatic carbocycles. The van der Waals surface area contributed by atoms with Gasteiger partial charge in [0.05, 0.1) is 10.9 Å². The van der Waals surface area contributed by atoms with Gasteiger partial charge in [-0.05, 0) is 36.4 Å². The molecule has 4 aromatic rings. The molecule has 4 rings (SSSR count). The lowest BCUT2D eigenvalue weighted by atomic mass is 10.2. The fourth-order valence-electron chi connectivity index (χ4n) is 3.28.